The van der Waals surface area contributed by atoms with Crippen LogP contribution in [-0.2, 0) is 14.4 Å². The summed E-state index contributed by atoms with van der Waals surface area (Å²) in [4.78, 5) is 54.1. The number of aliphatic carboxylic acids is 2. The van der Waals surface area contributed by atoms with E-state index in [4.69, 9.17) is 5.11 Å². The SMILES string of the molecule is Cc1c(N(C=O)C(CCC(=O)O)C(=O)O)cc([N+](=O)[O-])cc1[N+](=O)[O-]. The van der Waals surface area contributed by atoms with Crippen molar-refractivity contribution in [1.82, 2.24) is 0 Å². The lowest BCUT2D eigenvalue weighted by molar-refractivity contribution is -0.394. The largest absolute Gasteiger partial charge is 0.481 e. The molecular formula is C13H13N3O9. The van der Waals surface area contributed by atoms with Crippen LogP contribution < -0.4 is 4.90 Å². The van der Waals surface area contributed by atoms with Gasteiger partial charge in [0.05, 0.1) is 27.2 Å². The molecule has 0 saturated carbocycles. The zero-order valence-corrected chi connectivity index (χ0v) is 12.8. The Bertz CT molecular complexity index is 747. The Balaban J connectivity index is 3.53. The highest BCUT2D eigenvalue weighted by atomic mass is 16.6. The smallest absolute Gasteiger partial charge is 0.326 e. The van der Waals surface area contributed by atoms with Gasteiger partial charge in [0, 0.05) is 12.5 Å². The minimum atomic E-state index is -1.66. The Kier molecular flexibility index (Phi) is 6.08. The van der Waals surface area contributed by atoms with Gasteiger partial charge in [-0.2, -0.15) is 0 Å². The summed E-state index contributed by atoms with van der Waals surface area (Å²) in [5.74, 6) is -2.86. The van der Waals surface area contributed by atoms with Crippen molar-refractivity contribution in [3.05, 3.63) is 37.9 Å². The maximum atomic E-state index is 11.4. The van der Waals surface area contributed by atoms with Crippen LogP contribution in [0.1, 0.15) is 18.4 Å². The third-order valence-corrected chi connectivity index (χ3v) is 3.39. The van der Waals surface area contributed by atoms with Crippen LogP contribution >= 0.6 is 0 Å². The summed E-state index contributed by atoms with van der Waals surface area (Å²) in [5, 5.41) is 39.9. The number of nitro groups is 2. The number of nitrogens with zero attached hydrogens (tertiary/aromatic N) is 3. The molecule has 0 radical (unpaired) electrons. The average molecular weight is 355 g/mol. The van der Waals surface area contributed by atoms with Crippen molar-refractivity contribution in [1.29, 1.82) is 0 Å². The fourth-order valence-electron chi connectivity index (χ4n) is 2.17. The Morgan fingerprint density at radius 2 is 1.84 bits per heavy atom. The summed E-state index contributed by atoms with van der Waals surface area (Å²) in [6.45, 7) is 1.20. The number of non-ortho nitro benzene ring substituents is 1. The van der Waals surface area contributed by atoms with Crippen molar-refractivity contribution in [2.45, 2.75) is 25.8 Å². The molecule has 0 heterocycles. The first-order valence-corrected chi connectivity index (χ1v) is 6.71. The highest BCUT2D eigenvalue weighted by molar-refractivity contribution is 5.90. The van der Waals surface area contributed by atoms with Gasteiger partial charge in [0.2, 0.25) is 6.41 Å². The molecule has 2 N–H and O–H groups in total. The number of carboxylic acid groups (broad SMARTS) is 2. The highest BCUT2D eigenvalue weighted by Crippen LogP contribution is 2.34. The van der Waals surface area contributed by atoms with E-state index in [1.165, 1.54) is 6.92 Å². The number of carboxylic acids is 2. The monoisotopic (exact) mass is 355 g/mol. The van der Waals surface area contributed by atoms with Gasteiger partial charge in [0.25, 0.3) is 11.4 Å². The van der Waals surface area contributed by atoms with Crippen LogP contribution in [0.3, 0.4) is 0 Å². The molecule has 0 aliphatic carbocycles. The van der Waals surface area contributed by atoms with E-state index in [2.05, 4.69) is 0 Å². The lowest BCUT2D eigenvalue weighted by Crippen LogP contribution is -2.41. The summed E-state index contributed by atoms with van der Waals surface area (Å²) in [6.07, 6.45) is -1.03. The maximum Gasteiger partial charge on any atom is 0.326 e. The van der Waals surface area contributed by atoms with E-state index in [0.29, 0.717) is 11.0 Å². The first kappa shape index (κ1) is 19.5. The van der Waals surface area contributed by atoms with E-state index in [1.807, 2.05) is 0 Å². The summed E-state index contributed by atoms with van der Waals surface area (Å²) < 4.78 is 0. The third kappa shape index (κ3) is 4.46. The topological polar surface area (TPSA) is 181 Å². The van der Waals surface area contributed by atoms with E-state index in [0.717, 1.165) is 6.07 Å². The van der Waals surface area contributed by atoms with Crippen molar-refractivity contribution in [2.24, 2.45) is 0 Å². The van der Waals surface area contributed by atoms with Gasteiger partial charge in [-0.1, -0.05) is 0 Å². The Morgan fingerprint density at radius 3 is 2.24 bits per heavy atom. The molecule has 1 rings (SSSR count). The van der Waals surface area contributed by atoms with E-state index >= 15 is 0 Å². The van der Waals surface area contributed by atoms with Crippen molar-refractivity contribution in [3.63, 3.8) is 0 Å². The lowest BCUT2D eigenvalue weighted by atomic mass is 10.1. The molecule has 0 saturated heterocycles. The summed E-state index contributed by atoms with van der Waals surface area (Å²) in [5.41, 5.74) is -1.89. The number of hydrogen-bond acceptors (Lipinski definition) is 7. The van der Waals surface area contributed by atoms with Crippen LogP contribution in [0.25, 0.3) is 0 Å². The molecule has 0 aliphatic rings. The molecule has 0 fully saturated rings. The molecular weight excluding hydrogens is 342 g/mol. The molecule has 0 aliphatic heterocycles. The normalized spacial score (nSPS) is 11.4. The van der Waals surface area contributed by atoms with E-state index in [-0.39, 0.29) is 17.7 Å². The molecule has 12 nitrogen and oxygen atoms in total. The Labute approximate surface area is 139 Å². The number of rotatable bonds is 9. The molecule has 1 aromatic rings. The van der Waals surface area contributed by atoms with Gasteiger partial charge < -0.3 is 10.2 Å². The predicted octanol–water partition coefficient (Wildman–Crippen LogP) is 1.09. The molecule has 134 valence electrons. The van der Waals surface area contributed by atoms with Crippen LogP contribution in [-0.4, -0.2) is 44.5 Å². The van der Waals surface area contributed by atoms with Crippen molar-refractivity contribution >= 4 is 35.4 Å². The zero-order chi connectivity index (χ0) is 19.3. The second-order valence-electron chi connectivity index (χ2n) is 4.92. The number of benzene rings is 1. The molecule has 0 aromatic heterocycles. The van der Waals surface area contributed by atoms with Crippen molar-refractivity contribution in [2.75, 3.05) is 4.90 Å². The number of anilines is 1. The number of carbonyl (C=O) groups excluding carboxylic acids is 1. The Morgan fingerprint density at radius 1 is 1.24 bits per heavy atom. The number of amides is 1. The number of carbonyl (C=O) groups is 3. The van der Waals surface area contributed by atoms with Crippen LogP contribution in [0.4, 0.5) is 17.1 Å². The summed E-state index contributed by atoms with van der Waals surface area (Å²) >= 11 is 0. The highest BCUT2D eigenvalue weighted by Gasteiger charge is 2.31. The van der Waals surface area contributed by atoms with Crippen molar-refractivity contribution in [3.8, 4) is 0 Å². The molecule has 1 atom stereocenters. The van der Waals surface area contributed by atoms with Gasteiger partial charge in [0.15, 0.2) is 0 Å². The minimum absolute atomic E-state index is 0.0381. The molecule has 1 unspecified atom stereocenters. The van der Waals surface area contributed by atoms with Crippen LogP contribution in [0.5, 0.6) is 0 Å². The predicted molar refractivity (Wildman–Crippen MR) is 81.3 cm³/mol. The number of hydrogen-bond donors (Lipinski definition) is 2. The van der Waals surface area contributed by atoms with Crippen molar-refractivity contribution < 1.29 is 34.4 Å². The summed E-state index contributed by atoms with van der Waals surface area (Å²) in [6, 6.07) is -0.142. The van der Waals surface area contributed by atoms with E-state index in [9.17, 15) is 39.7 Å². The first-order valence-electron chi connectivity index (χ1n) is 6.71. The quantitative estimate of drug-likeness (QED) is 0.372. The van der Waals surface area contributed by atoms with Gasteiger partial charge in [0.1, 0.15) is 6.04 Å². The third-order valence-electron chi connectivity index (χ3n) is 3.39. The van der Waals surface area contributed by atoms with E-state index in [1.54, 1.807) is 0 Å². The lowest BCUT2D eigenvalue weighted by Gasteiger charge is -2.25. The van der Waals surface area contributed by atoms with Gasteiger partial charge in [-0.25, -0.2) is 4.79 Å². The second kappa shape index (κ2) is 7.81. The molecule has 12 heteroatoms. The maximum absolute atomic E-state index is 11.4. The van der Waals surface area contributed by atoms with Gasteiger partial charge in [-0.05, 0) is 13.3 Å². The molecule has 0 spiro atoms. The van der Waals surface area contributed by atoms with Gasteiger partial charge in [-0.3, -0.25) is 34.7 Å². The van der Waals surface area contributed by atoms with Gasteiger partial charge in [-0.15, -0.1) is 0 Å². The van der Waals surface area contributed by atoms with Crippen LogP contribution in [0.2, 0.25) is 0 Å². The van der Waals surface area contributed by atoms with Gasteiger partial charge >= 0.3 is 11.9 Å². The van der Waals surface area contributed by atoms with Crippen LogP contribution in [0, 0.1) is 27.2 Å². The van der Waals surface area contributed by atoms with E-state index < -0.39 is 52.0 Å². The van der Waals surface area contributed by atoms with Crippen LogP contribution in [0.15, 0.2) is 12.1 Å². The second-order valence-corrected chi connectivity index (χ2v) is 4.92. The first-order chi connectivity index (χ1) is 11.6. The fourth-order valence-corrected chi connectivity index (χ4v) is 2.17. The molecule has 25 heavy (non-hydrogen) atoms. The minimum Gasteiger partial charge on any atom is -0.481 e. The standard InChI is InChI=1S/C13H13N3O9/c1-7-10(4-8(15(22)23)5-11(7)16(24)25)14(6-17)9(13(20)21)2-3-12(18)19/h4-6,9H,2-3H2,1H3,(H,18,19)(H,20,21). The molecule has 1 aromatic carbocycles. The fraction of sp³-hybridized carbons (Fsp3) is 0.308. The molecule has 0 bridgehead atoms. The zero-order valence-electron chi connectivity index (χ0n) is 12.8. The Hall–Kier alpha value is -3.57. The summed E-state index contributed by atoms with van der Waals surface area (Å²) in [7, 11) is 0. The molecule has 1 amide bonds. The number of nitro benzene ring substituents is 2. The average Bonchev–Trinajstić information content (AvgIpc) is 2.50.